The van der Waals surface area contributed by atoms with Crippen LogP contribution in [0.1, 0.15) is 24.0 Å². The zero-order chi connectivity index (χ0) is 20.9. The topological polar surface area (TPSA) is 66.9 Å². The van der Waals surface area contributed by atoms with Crippen molar-refractivity contribution in [2.24, 2.45) is 0 Å². The van der Waals surface area contributed by atoms with Gasteiger partial charge in [0.15, 0.2) is 0 Å². The summed E-state index contributed by atoms with van der Waals surface area (Å²) in [5.41, 5.74) is 2.05. The summed E-state index contributed by atoms with van der Waals surface area (Å²) in [5.74, 6) is 0.778. The summed E-state index contributed by atoms with van der Waals surface area (Å²) < 4.78 is 33.0. The van der Waals surface area contributed by atoms with E-state index in [4.69, 9.17) is 4.74 Å². The van der Waals surface area contributed by atoms with E-state index in [-0.39, 0.29) is 12.3 Å². The molecule has 0 bridgehead atoms. The standard InChI is InChI=1S/C22H28N2O4S/c1-18-8-10-20(11-9-18)29(26,27)24-14-5-13-23(15-16-24)22(25)12-17-28-21-7-4-3-6-19(21)2/h3-4,6-11H,5,12-17H2,1-2H3. The number of ether oxygens (including phenoxy) is 1. The van der Waals surface area contributed by atoms with Gasteiger partial charge in [-0.05, 0) is 44.0 Å². The second-order valence-corrected chi connectivity index (χ2v) is 9.25. The van der Waals surface area contributed by atoms with E-state index in [0.717, 1.165) is 16.9 Å². The van der Waals surface area contributed by atoms with E-state index in [1.54, 1.807) is 29.2 Å². The molecule has 1 saturated heterocycles. The second-order valence-electron chi connectivity index (χ2n) is 7.32. The van der Waals surface area contributed by atoms with Crippen molar-refractivity contribution in [2.75, 3.05) is 32.8 Å². The Kier molecular flexibility index (Phi) is 6.92. The molecule has 0 spiro atoms. The quantitative estimate of drug-likeness (QED) is 0.726. The second kappa shape index (κ2) is 9.41. The molecule has 1 fully saturated rings. The van der Waals surface area contributed by atoms with Crippen molar-refractivity contribution >= 4 is 15.9 Å². The van der Waals surface area contributed by atoms with Gasteiger partial charge < -0.3 is 9.64 Å². The van der Waals surface area contributed by atoms with Gasteiger partial charge in [-0.1, -0.05) is 35.9 Å². The molecule has 1 amide bonds. The molecule has 7 heteroatoms. The van der Waals surface area contributed by atoms with Crippen LogP contribution < -0.4 is 4.74 Å². The first kappa shape index (κ1) is 21.3. The number of hydrogen-bond donors (Lipinski definition) is 0. The molecule has 1 heterocycles. The molecule has 0 atom stereocenters. The van der Waals surface area contributed by atoms with Gasteiger partial charge in [0.2, 0.25) is 15.9 Å². The van der Waals surface area contributed by atoms with Crippen LogP contribution in [-0.2, 0) is 14.8 Å². The SMILES string of the molecule is Cc1ccc(S(=O)(=O)N2CCCN(C(=O)CCOc3ccccc3C)CC2)cc1. The lowest BCUT2D eigenvalue weighted by Gasteiger charge is -2.22. The van der Waals surface area contributed by atoms with E-state index in [9.17, 15) is 13.2 Å². The number of hydrogen-bond acceptors (Lipinski definition) is 4. The van der Waals surface area contributed by atoms with Gasteiger partial charge >= 0.3 is 0 Å². The van der Waals surface area contributed by atoms with Gasteiger partial charge in [0.1, 0.15) is 5.75 Å². The molecule has 0 aromatic heterocycles. The average molecular weight is 417 g/mol. The Balaban J connectivity index is 1.54. The lowest BCUT2D eigenvalue weighted by Crippen LogP contribution is -2.37. The number of nitrogens with zero attached hydrogens (tertiary/aromatic N) is 2. The zero-order valence-electron chi connectivity index (χ0n) is 17.0. The van der Waals surface area contributed by atoms with E-state index < -0.39 is 10.0 Å². The Morgan fingerprint density at radius 2 is 1.69 bits per heavy atom. The van der Waals surface area contributed by atoms with Crippen molar-refractivity contribution in [3.05, 3.63) is 59.7 Å². The average Bonchev–Trinajstić information content (AvgIpc) is 2.96. The molecule has 0 saturated carbocycles. The normalized spacial score (nSPS) is 15.7. The predicted octanol–water partition coefficient (Wildman–Crippen LogP) is 3.00. The number of sulfonamides is 1. The number of rotatable bonds is 6. The van der Waals surface area contributed by atoms with Gasteiger partial charge in [-0.2, -0.15) is 4.31 Å². The lowest BCUT2D eigenvalue weighted by atomic mass is 10.2. The van der Waals surface area contributed by atoms with Gasteiger partial charge in [0.05, 0.1) is 17.9 Å². The smallest absolute Gasteiger partial charge is 0.243 e. The van der Waals surface area contributed by atoms with Crippen molar-refractivity contribution in [3.8, 4) is 5.75 Å². The molecule has 6 nitrogen and oxygen atoms in total. The molecule has 29 heavy (non-hydrogen) atoms. The predicted molar refractivity (Wildman–Crippen MR) is 112 cm³/mol. The number of carbonyl (C=O) groups is 1. The van der Waals surface area contributed by atoms with E-state index in [1.807, 2.05) is 38.1 Å². The molecule has 0 N–H and O–H groups in total. The van der Waals surface area contributed by atoms with Crippen LogP contribution in [0.4, 0.5) is 0 Å². The van der Waals surface area contributed by atoms with Crippen LogP contribution in [0.2, 0.25) is 0 Å². The van der Waals surface area contributed by atoms with Crippen LogP contribution in [-0.4, -0.2) is 56.3 Å². The summed E-state index contributed by atoms with van der Waals surface area (Å²) in [6, 6.07) is 14.6. The van der Waals surface area contributed by atoms with Gasteiger partial charge in [-0.25, -0.2) is 8.42 Å². The third-order valence-electron chi connectivity index (χ3n) is 5.13. The Hall–Kier alpha value is -2.38. The minimum atomic E-state index is -3.54. The lowest BCUT2D eigenvalue weighted by molar-refractivity contribution is -0.131. The van der Waals surface area contributed by atoms with Crippen LogP contribution in [0.15, 0.2) is 53.4 Å². The summed E-state index contributed by atoms with van der Waals surface area (Å²) in [7, 11) is -3.54. The Morgan fingerprint density at radius 3 is 2.41 bits per heavy atom. The van der Waals surface area contributed by atoms with E-state index in [1.165, 1.54) is 4.31 Å². The highest BCUT2D eigenvalue weighted by atomic mass is 32.2. The highest BCUT2D eigenvalue weighted by molar-refractivity contribution is 7.89. The van der Waals surface area contributed by atoms with Crippen LogP contribution >= 0.6 is 0 Å². The minimum Gasteiger partial charge on any atom is -0.493 e. The number of para-hydroxylation sites is 1. The highest BCUT2D eigenvalue weighted by Crippen LogP contribution is 2.19. The molecule has 2 aromatic rings. The van der Waals surface area contributed by atoms with Gasteiger partial charge in [-0.3, -0.25) is 4.79 Å². The summed E-state index contributed by atoms with van der Waals surface area (Å²) in [5, 5.41) is 0. The fraction of sp³-hybridized carbons (Fsp3) is 0.409. The fourth-order valence-electron chi connectivity index (χ4n) is 3.37. The fourth-order valence-corrected chi connectivity index (χ4v) is 4.84. The van der Waals surface area contributed by atoms with Gasteiger partial charge in [-0.15, -0.1) is 0 Å². The molecule has 1 aliphatic rings. The number of carbonyl (C=O) groups excluding carboxylic acids is 1. The molecule has 0 aliphatic carbocycles. The molecular weight excluding hydrogens is 388 g/mol. The zero-order valence-corrected chi connectivity index (χ0v) is 17.8. The number of aryl methyl sites for hydroxylation is 2. The summed E-state index contributed by atoms with van der Waals surface area (Å²) in [6.07, 6.45) is 0.897. The van der Waals surface area contributed by atoms with Gasteiger partial charge in [0, 0.05) is 26.2 Å². The van der Waals surface area contributed by atoms with Crippen LogP contribution in [0.3, 0.4) is 0 Å². The highest BCUT2D eigenvalue weighted by Gasteiger charge is 2.28. The largest absolute Gasteiger partial charge is 0.493 e. The minimum absolute atomic E-state index is 0.00633. The number of benzene rings is 2. The van der Waals surface area contributed by atoms with Crippen LogP contribution in [0.25, 0.3) is 0 Å². The molecule has 2 aromatic carbocycles. The first-order valence-corrected chi connectivity index (χ1v) is 11.3. The molecule has 156 valence electrons. The summed E-state index contributed by atoms with van der Waals surface area (Å²) in [6.45, 7) is 5.88. The monoisotopic (exact) mass is 416 g/mol. The van der Waals surface area contributed by atoms with Gasteiger partial charge in [0.25, 0.3) is 0 Å². The van der Waals surface area contributed by atoms with E-state index >= 15 is 0 Å². The first-order valence-electron chi connectivity index (χ1n) is 9.91. The maximum Gasteiger partial charge on any atom is 0.243 e. The van der Waals surface area contributed by atoms with Crippen molar-refractivity contribution in [3.63, 3.8) is 0 Å². The van der Waals surface area contributed by atoms with Crippen molar-refractivity contribution in [1.82, 2.24) is 9.21 Å². The van der Waals surface area contributed by atoms with Crippen molar-refractivity contribution in [1.29, 1.82) is 0 Å². The molecule has 1 aliphatic heterocycles. The Labute approximate surface area is 173 Å². The maximum atomic E-state index is 12.9. The Bertz CT molecular complexity index is 942. The molecule has 0 unspecified atom stereocenters. The van der Waals surface area contributed by atoms with Crippen LogP contribution in [0.5, 0.6) is 5.75 Å². The molecule has 3 rings (SSSR count). The first-order chi connectivity index (χ1) is 13.9. The Morgan fingerprint density at radius 1 is 0.966 bits per heavy atom. The molecular formula is C22H28N2O4S. The van der Waals surface area contributed by atoms with E-state index in [0.29, 0.717) is 44.1 Å². The molecule has 0 radical (unpaired) electrons. The maximum absolute atomic E-state index is 12.9. The number of amides is 1. The van der Waals surface area contributed by atoms with Crippen molar-refractivity contribution in [2.45, 2.75) is 31.6 Å². The third kappa shape index (κ3) is 5.36. The van der Waals surface area contributed by atoms with Crippen molar-refractivity contribution < 1.29 is 17.9 Å². The van der Waals surface area contributed by atoms with Crippen LogP contribution in [0, 0.1) is 13.8 Å². The van der Waals surface area contributed by atoms with E-state index in [2.05, 4.69) is 0 Å². The third-order valence-corrected chi connectivity index (χ3v) is 7.05. The summed E-state index contributed by atoms with van der Waals surface area (Å²) >= 11 is 0. The summed E-state index contributed by atoms with van der Waals surface area (Å²) in [4.78, 5) is 14.6.